The van der Waals surface area contributed by atoms with E-state index >= 15 is 0 Å². The van der Waals surface area contributed by atoms with Gasteiger partial charge in [0.15, 0.2) is 0 Å². The molecule has 1 fully saturated rings. The van der Waals surface area contributed by atoms with Gasteiger partial charge >= 0.3 is 18.0 Å². The number of amides is 1. The van der Waals surface area contributed by atoms with Gasteiger partial charge in [-0.1, -0.05) is 29.3 Å². The van der Waals surface area contributed by atoms with Crippen LogP contribution in [0.3, 0.4) is 0 Å². The summed E-state index contributed by atoms with van der Waals surface area (Å²) >= 11 is 11.9. The molecule has 1 amide bonds. The summed E-state index contributed by atoms with van der Waals surface area (Å²) in [6.45, 7) is 0. The van der Waals surface area contributed by atoms with Gasteiger partial charge in [0.1, 0.15) is 16.5 Å². The predicted molar refractivity (Wildman–Crippen MR) is 118 cm³/mol. The van der Waals surface area contributed by atoms with Crippen molar-refractivity contribution in [1.29, 1.82) is 5.26 Å². The molecule has 2 aromatic heterocycles. The lowest BCUT2D eigenvalue weighted by Crippen LogP contribution is -2.50. The lowest BCUT2D eigenvalue weighted by molar-refractivity contribution is -0.348. The van der Waals surface area contributed by atoms with Crippen LogP contribution in [0.5, 0.6) is 0 Å². The van der Waals surface area contributed by atoms with E-state index in [2.05, 4.69) is 10.4 Å². The Labute approximate surface area is 214 Å². The van der Waals surface area contributed by atoms with Crippen LogP contribution in [0, 0.1) is 11.3 Å². The molecule has 37 heavy (non-hydrogen) atoms. The average Bonchev–Trinajstić information content (AvgIpc) is 3.29. The number of aromatic nitrogens is 3. The Morgan fingerprint density at radius 1 is 1.08 bits per heavy atom. The highest BCUT2D eigenvalue weighted by Gasteiger charge is 2.74. The number of halogens is 9. The average molecular weight is 568 g/mol. The van der Waals surface area contributed by atoms with E-state index in [-0.39, 0.29) is 10.6 Å². The predicted octanol–water partition coefficient (Wildman–Crippen LogP) is 6.26. The van der Waals surface area contributed by atoms with Crippen LogP contribution in [0.4, 0.5) is 30.7 Å². The number of carbonyl (C=O) groups excluding carboxylic acids is 1. The number of nitrogens with zero attached hydrogens (tertiary/aromatic N) is 4. The standard InChI is InChI=1S/C22H14Cl2F7N5O/c1-35-16(7-14(17(35)24)20(25,21(26,27)28)22(29,30)31)36-9-12(8-33-36)11-2-3-15(23)13(6-11)18(37)34-19(10-32)4-5-19/h2-3,6-9H,4-5H2,1H3,(H,34,37). The van der Waals surface area contributed by atoms with Crippen LogP contribution in [0.15, 0.2) is 36.7 Å². The van der Waals surface area contributed by atoms with Gasteiger partial charge in [0.25, 0.3) is 5.91 Å². The Morgan fingerprint density at radius 3 is 2.24 bits per heavy atom. The van der Waals surface area contributed by atoms with Crippen LogP contribution in [0.1, 0.15) is 28.8 Å². The van der Waals surface area contributed by atoms with Crippen LogP contribution in [0.2, 0.25) is 10.2 Å². The molecule has 0 spiro atoms. The van der Waals surface area contributed by atoms with E-state index in [9.17, 15) is 40.8 Å². The minimum Gasteiger partial charge on any atom is -0.334 e. The Balaban J connectivity index is 1.72. The summed E-state index contributed by atoms with van der Waals surface area (Å²) in [6, 6.07) is 6.61. The minimum absolute atomic E-state index is 0.0372. The fourth-order valence-electron chi connectivity index (χ4n) is 3.64. The molecule has 1 N–H and O–H groups in total. The zero-order valence-corrected chi connectivity index (χ0v) is 20.0. The monoisotopic (exact) mass is 567 g/mol. The zero-order chi connectivity index (χ0) is 27.6. The molecule has 0 atom stereocenters. The van der Waals surface area contributed by atoms with E-state index in [1.54, 1.807) is 0 Å². The molecule has 2 heterocycles. The number of benzene rings is 1. The number of nitrogens with one attached hydrogen (secondary N) is 1. The lowest BCUT2D eigenvalue weighted by atomic mass is 9.97. The van der Waals surface area contributed by atoms with E-state index in [1.165, 1.54) is 30.6 Å². The Hall–Kier alpha value is -3.24. The van der Waals surface area contributed by atoms with Crippen molar-refractivity contribution in [2.75, 3.05) is 0 Å². The van der Waals surface area contributed by atoms with Gasteiger partial charge in [-0.2, -0.15) is 36.7 Å². The van der Waals surface area contributed by atoms with Crippen LogP contribution >= 0.6 is 23.2 Å². The molecule has 0 radical (unpaired) electrons. The third-order valence-corrected chi connectivity index (χ3v) is 6.75. The molecule has 0 unspecified atom stereocenters. The van der Waals surface area contributed by atoms with Crippen LogP contribution in [-0.4, -0.2) is 38.1 Å². The molecule has 196 valence electrons. The Kier molecular flexibility index (Phi) is 6.28. The largest absolute Gasteiger partial charge is 0.436 e. The van der Waals surface area contributed by atoms with Crippen molar-refractivity contribution in [3.63, 3.8) is 0 Å². The molecule has 1 aliphatic carbocycles. The normalized spacial score (nSPS) is 15.4. The maximum absolute atomic E-state index is 14.6. The highest BCUT2D eigenvalue weighted by molar-refractivity contribution is 6.34. The highest BCUT2D eigenvalue weighted by Crippen LogP contribution is 2.55. The summed E-state index contributed by atoms with van der Waals surface area (Å²) in [4.78, 5) is 12.6. The summed E-state index contributed by atoms with van der Waals surface area (Å²) < 4.78 is 95.8. The van der Waals surface area contributed by atoms with Gasteiger partial charge in [-0.3, -0.25) is 4.79 Å². The molecular weight excluding hydrogens is 554 g/mol. The third kappa shape index (κ3) is 4.42. The van der Waals surface area contributed by atoms with Gasteiger partial charge in [-0.25, -0.2) is 9.07 Å². The van der Waals surface area contributed by atoms with Gasteiger partial charge in [0.2, 0.25) is 0 Å². The number of hydrogen-bond acceptors (Lipinski definition) is 3. The molecule has 1 saturated carbocycles. The van der Waals surface area contributed by atoms with E-state index in [1.807, 2.05) is 6.07 Å². The van der Waals surface area contributed by atoms with Crippen molar-refractivity contribution in [1.82, 2.24) is 19.7 Å². The van der Waals surface area contributed by atoms with Gasteiger partial charge in [-0.05, 0) is 36.6 Å². The highest BCUT2D eigenvalue weighted by atomic mass is 35.5. The van der Waals surface area contributed by atoms with Crippen LogP contribution < -0.4 is 5.32 Å². The first kappa shape index (κ1) is 26.8. The number of hydrogen-bond donors (Lipinski definition) is 1. The lowest BCUT2D eigenvalue weighted by Gasteiger charge is -2.29. The summed E-state index contributed by atoms with van der Waals surface area (Å²) in [5.74, 6) is -0.992. The number of carbonyl (C=O) groups is 1. The third-order valence-electron chi connectivity index (χ3n) is 5.96. The van der Waals surface area contributed by atoms with Crippen molar-refractivity contribution in [3.05, 3.63) is 58.0 Å². The van der Waals surface area contributed by atoms with Gasteiger partial charge in [0.05, 0.1) is 22.9 Å². The fraction of sp³-hybridized carbons (Fsp3) is 0.318. The topological polar surface area (TPSA) is 75.6 Å². The second kappa shape index (κ2) is 8.66. The molecule has 6 nitrogen and oxygen atoms in total. The first-order valence-electron chi connectivity index (χ1n) is 10.3. The van der Waals surface area contributed by atoms with E-state index in [0.29, 0.717) is 30.0 Å². The van der Waals surface area contributed by atoms with Crippen molar-refractivity contribution >= 4 is 29.1 Å². The first-order chi connectivity index (χ1) is 17.0. The van der Waals surface area contributed by atoms with Crippen LogP contribution in [0.25, 0.3) is 16.9 Å². The molecule has 0 bridgehead atoms. The second-order valence-corrected chi connectivity index (χ2v) is 9.20. The summed E-state index contributed by atoms with van der Waals surface area (Å²) in [6.07, 6.45) is -9.24. The number of rotatable bonds is 5. The molecule has 3 aromatic rings. The molecule has 4 rings (SSSR count). The Morgan fingerprint density at radius 2 is 1.70 bits per heavy atom. The van der Waals surface area contributed by atoms with E-state index in [0.717, 1.165) is 16.3 Å². The molecular formula is C22H14Cl2F7N5O. The fourth-order valence-corrected chi connectivity index (χ4v) is 4.12. The van der Waals surface area contributed by atoms with Crippen LogP contribution in [-0.2, 0) is 12.7 Å². The molecule has 1 aromatic carbocycles. The van der Waals surface area contributed by atoms with Crippen molar-refractivity contribution < 1.29 is 35.5 Å². The smallest absolute Gasteiger partial charge is 0.334 e. The zero-order valence-electron chi connectivity index (χ0n) is 18.5. The SMILES string of the molecule is Cn1c(-n2cc(-c3ccc(Cl)c(C(=O)NC4(C#N)CC4)c3)cn2)cc(C(F)(C(F)(F)F)C(F)(F)F)c1Cl. The van der Waals surface area contributed by atoms with Crippen molar-refractivity contribution in [2.24, 2.45) is 7.05 Å². The maximum Gasteiger partial charge on any atom is 0.436 e. The molecule has 1 aliphatic rings. The Bertz CT molecular complexity index is 1420. The maximum atomic E-state index is 14.6. The summed E-state index contributed by atoms with van der Waals surface area (Å²) in [5.41, 5.74) is -7.80. The quantitative estimate of drug-likeness (QED) is 0.370. The molecule has 0 saturated heterocycles. The first-order valence-corrected chi connectivity index (χ1v) is 11.1. The minimum atomic E-state index is -6.34. The van der Waals surface area contributed by atoms with Gasteiger partial charge in [-0.15, -0.1) is 0 Å². The van der Waals surface area contributed by atoms with Gasteiger partial charge < -0.3 is 9.88 Å². The van der Waals surface area contributed by atoms with Crippen molar-refractivity contribution in [3.8, 4) is 23.0 Å². The summed E-state index contributed by atoms with van der Waals surface area (Å²) in [7, 11) is 1.04. The second-order valence-electron chi connectivity index (χ2n) is 8.44. The van der Waals surface area contributed by atoms with E-state index < -0.39 is 46.0 Å². The number of nitriles is 1. The van der Waals surface area contributed by atoms with Crippen molar-refractivity contribution in [2.45, 2.75) is 36.4 Å². The summed E-state index contributed by atoms with van der Waals surface area (Å²) in [5, 5.41) is 14.7. The van der Waals surface area contributed by atoms with Gasteiger partial charge in [0, 0.05) is 24.4 Å². The molecule has 0 aliphatic heterocycles. The molecule has 15 heteroatoms. The number of alkyl halides is 7. The van der Waals surface area contributed by atoms with E-state index in [4.69, 9.17) is 23.2 Å².